The minimum absolute atomic E-state index is 0.358. The summed E-state index contributed by atoms with van der Waals surface area (Å²) in [5.41, 5.74) is 1.40. The summed E-state index contributed by atoms with van der Waals surface area (Å²) in [5, 5.41) is 5.01. The van der Waals surface area contributed by atoms with E-state index in [-0.39, 0.29) is 0 Å². The maximum Gasteiger partial charge on any atom is 0.161 e. The van der Waals surface area contributed by atoms with Gasteiger partial charge in [-0.2, -0.15) is 0 Å². The second kappa shape index (κ2) is 6.19. The van der Waals surface area contributed by atoms with Crippen LogP contribution in [0.3, 0.4) is 0 Å². The second-order valence-electron chi connectivity index (χ2n) is 5.87. The number of amidine groups is 1. The fraction of sp³-hybridized carbons (Fsp3) is 0.500. The van der Waals surface area contributed by atoms with Crippen molar-refractivity contribution in [1.82, 2.24) is 0 Å². The molecule has 1 aliphatic heterocycles. The van der Waals surface area contributed by atoms with Crippen LogP contribution in [0.25, 0.3) is 0 Å². The molecule has 0 amide bonds. The Labute approximate surface area is 136 Å². The fourth-order valence-corrected chi connectivity index (χ4v) is 4.55. The van der Waals surface area contributed by atoms with E-state index in [9.17, 15) is 0 Å². The molecule has 1 aromatic carbocycles. The summed E-state index contributed by atoms with van der Waals surface area (Å²) >= 11 is 8.97. The van der Waals surface area contributed by atoms with Crippen LogP contribution in [0.5, 0.6) is 0 Å². The van der Waals surface area contributed by atoms with Gasteiger partial charge in [0, 0.05) is 14.2 Å². The van der Waals surface area contributed by atoms with Crippen LogP contribution >= 0.6 is 43.6 Å². The highest BCUT2D eigenvalue weighted by Crippen LogP contribution is 2.35. The molecule has 2 nitrogen and oxygen atoms in total. The molecule has 0 fully saturated rings. The number of para-hydroxylation sites is 1. The first-order valence-electron chi connectivity index (χ1n) is 6.27. The Balaban J connectivity index is 1.99. The topological polar surface area (TPSA) is 24.4 Å². The number of benzene rings is 1. The van der Waals surface area contributed by atoms with Crippen molar-refractivity contribution in [2.45, 2.75) is 32.4 Å². The molecule has 1 heterocycles. The molecule has 1 aromatic rings. The Kier molecular flexibility index (Phi) is 5.01. The van der Waals surface area contributed by atoms with Gasteiger partial charge in [-0.25, -0.2) is 0 Å². The first-order chi connectivity index (χ1) is 8.85. The van der Waals surface area contributed by atoms with Crippen LogP contribution in [0, 0.1) is 5.41 Å². The molecule has 5 heteroatoms. The molecule has 0 radical (unpaired) electrons. The molecule has 1 aliphatic rings. The fourth-order valence-electron chi connectivity index (χ4n) is 2.00. The van der Waals surface area contributed by atoms with Gasteiger partial charge in [0.2, 0.25) is 0 Å². The van der Waals surface area contributed by atoms with Crippen LogP contribution in [-0.4, -0.2) is 17.0 Å². The van der Waals surface area contributed by atoms with Crippen molar-refractivity contribution in [3.63, 3.8) is 0 Å². The van der Waals surface area contributed by atoms with Gasteiger partial charge in [0.05, 0.1) is 12.2 Å². The van der Waals surface area contributed by atoms with Gasteiger partial charge in [-0.1, -0.05) is 38.6 Å². The molecule has 104 valence electrons. The Morgan fingerprint density at radius 2 is 1.95 bits per heavy atom. The highest BCUT2D eigenvalue weighted by Gasteiger charge is 2.25. The zero-order valence-corrected chi connectivity index (χ0v) is 15.3. The lowest BCUT2D eigenvalue weighted by atomic mass is 9.90. The van der Waals surface area contributed by atoms with E-state index in [4.69, 9.17) is 0 Å². The Morgan fingerprint density at radius 1 is 1.32 bits per heavy atom. The number of rotatable bonds is 2. The second-order valence-corrected chi connectivity index (χ2v) is 8.87. The van der Waals surface area contributed by atoms with Crippen LogP contribution < -0.4 is 5.32 Å². The van der Waals surface area contributed by atoms with Crippen LogP contribution in [0.4, 0.5) is 5.69 Å². The first kappa shape index (κ1) is 15.4. The largest absolute Gasteiger partial charge is 0.333 e. The zero-order valence-electron chi connectivity index (χ0n) is 11.3. The van der Waals surface area contributed by atoms with Crippen molar-refractivity contribution in [2.75, 3.05) is 11.9 Å². The van der Waals surface area contributed by atoms with Gasteiger partial charge in [-0.15, -0.1) is 0 Å². The van der Waals surface area contributed by atoms with E-state index in [0.29, 0.717) is 10.7 Å². The minimum atomic E-state index is 0.358. The summed E-state index contributed by atoms with van der Waals surface area (Å²) in [6.07, 6.45) is 1.18. The molecular weight excluding hydrogens is 388 g/mol. The molecule has 0 aromatic heterocycles. The summed E-state index contributed by atoms with van der Waals surface area (Å²) in [7, 11) is 0. The van der Waals surface area contributed by atoms with Crippen LogP contribution in [0.2, 0.25) is 0 Å². The molecule has 0 saturated heterocycles. The molecule has 19 heavy (non-hydrogen) atoms. The summed E-state index contributed by atoms with van der Waals surface area (Å²) < 4.78 is 2.09. The van der Waals surface area contributed by atoms with Gasteiger partial charge in [-0.05, 0) is 55.8 Å². The van der Waals surface area contributed by atoms with E-state index >= 15 is 0 Å². The normalized spacial score (nSPS) is 19.4. The molecule has 0 bridgehead atoms. The summed E-state index contributed by atoms with van der Waals surface area (Å²) in [4.78, 5) is 4.61. The summed E-state index contributed by atoms with van der Waals surface area (Å²) in [5.74, 6) is 0. The Hall–Kier alpha value is -0.000000000000000111. The van der Waals surface area contributed by atoms with Crippen molar-refractivity contribution < 1.29 is 0 Å². The lowest BCUT2D eigenvalue weighted by Crippen LogP contribution is -2.16. The minimum Gasteiger partial charge on any atom is -0.333 e. The lowest BCUT2D eigenvalue weighted by Gasteiger charge is -2.21. The van der Waals surface area contributed by atoms with Gasteiger partial charge < -0.3 is 5.32 Å². The van der Waals surface area contributed by atoms with Gasteiger partial charge in [0.15, 0.2) is 5.17 Å². The smallest absolute Gasteiger partial charge is 0.161 e. The third kappa shape index (κ3) is 4.50. The van der Waals surface area contributed by atoms with Crippen molar-refractivity contribution in [3.8, 4) is 0 Å². The standard InChI is InChI=1S/C14H18Br2N2S/c1-14(2,3)7-9-8-17-13(19-9)18-12-10(15)5-4-6-11(12)16/h4-6,9H,7-8H2,1-3H3,(H,17,18). The Bertz CT molecular complexity index is 474. The third-order valence-electron chi connectivity index (χ3n) is 2.75. The highest BCUT2D eigenvalue weighted by molar-refractivity contribution is 9.11. The van der Waals surface area contributed by atoms with Gasteiger partial charge in [0.25, 0.3) is 0 Å². The van der Waals surface area contributed by atoms with E-state index in [1.54, 1.807) is 0 Å². The van der Waals surface area contributed by atoms with E-state index in [1.807, 2.05) is 30.0 Å². The van der Waals surface area contributed by atoms with Crippen molar-refractivity contribution in [1.29, 1.82) is 0 Å². The van der Waals surface area contributed by atoms with Crippen LogP contribution in [-0.2, 0) is 0 Å². The van der Waals surface area contributed by atoms with Crippen LogP contribution in [0.1, 0.15) is 27.2 Å². The van der Waals surface area contributed by atoms with E-state index in [1.165, 1.54) is 6.42 Å². The lowest BCUT2D eigenvalue weighted by molar-refractivity contribution is 0.375. The van der Waals surface area contributed by atoms with Gasteiger partial charge in [-0.3, -0.25) is 4.99 Å². The quantitative estimate of drug-likeness (QED) is 0.699. The van der Waals surface area contributed by atoms with Crippen molar-refractivity contribution in [2.24, 2.45) is 10.4 Å². The highest BCUT2D eigenvalue weighted by atomic mass is 79.9. The molecule has 1 N–H and O–H groups in total. The number of hydrogen-bond acceptors (Lipinski definition) is 3. The van der Waals surface area contributed by atoms with Gasteiger partial charge in [0.1, 0.15) is 0 Å². The molecule has 0 saturated carbocycles. The monoisotopic (exact) mass is 404 g/mol. The number of nitrogens with zero attached hydrogens (tertiary/aromatic N) is 1. The first-order valence-corrected chi connectivity index (χ1v) is 8.74. The van der Waals surface area contributed by atoms with Crippen molar-refractivity contribution in [3.05, 3.63) is 27.1 Å². The summed E-state index contributed by atoms with van der Waals surface area (Å²) in [6.45, 7) is 7.75. The van der Waals surface area contributed by atoms with E-state index in [2.05, 4.69) is 62.9 Å². The number of nitrogens with one attached hydrogen (secondary N) is 1. The average molecular weight is 406 g/mol. The van der Waals surface area contributed by atoms with Gasteiger partial charge >= 0.3 is 0 Å². The average Bonchev–Trinajstić information content (AvgIpc) is 2.69. The maximum atomic E-state index is 4.61. The molecule has 1 unspecified atom stereocenters. The van der Waals surface area contributed by atoms with Crippen LogP contribution in [0.15, 0.2) is 32.1 Å². The predicted molar refractivity (Wildman–Crippen MR) is 93.2 cm³/mol. The summed E-state index contributed by atoms with van der Waals surface area (Å²) in [6, 6.07) is 6.06. The third-order valence-corrected chi connectivity index (χ3v) is 5.18. The zero-order chi connectivity index (χ0) is 14.0. The Morgan fingerprint density at radius 3 is 2.53 bits per heavy atom. The molecule has 2 rings (SSSR count). The predicted octanol–water partition coefficient (Wildman–Crippen LogP) is 5.53. The number of aliphatic imine (C=N–C) groups is 1. The molecule has 0 aliphatic carbocycles. The maximum absolute atomic E-state index is 4.61. The van der Waals surface area contributed by atoms with E-state index < -0.39 is 0 Å². The molecule has 1 atom stereocenters. The number of thioether (sulfide) groups is 1. The molecule has 0 spiro atoms. The molecular formula is C14H18Br2N2S. The van der Waals surface area contributed by atoms with E-state index in [0.717, 1.165) is 26.3 Å². The SMILES string of the molecule is CC(C)(C)CC1CN=C(Nc2c(Br)cccc2Br)S1. The van der Waals surface area contributed by atoms with Crippen molar-refractivity contribution >= 4 is 54.5 Å². The number of hydrogen-bond donors (Lipinski definition) is 1. The number of anilines is 1. The number of halogens is 2.